The van der Waals surface area contributed by atoms with Crippen LogP contribution in [0.3, 0.4) is 0 Å². The van der Waals surface area contributed by atoms with E-state index in [1.807, 2.05) is 6.26 Å². The topological polar surface area (TPSA) is 69.9 Å². The van der Waals surface area contributed by atoms with Crippen LogP contribution in [0.5, 0.6) is 0 Å². The summed E-state index contributed by atoms with van der Waals surface area (Å²) >= 11 is 1.47. The van der Waals surface area contributed by atoms with Crippen LogP contribution >= 0.6 is 11.8 Å². The van der Waals surface area contributed by atoms with Crippen LogP contribution in [0.2, 0.25) is 0 Å². The quantitative estimate of drug-likeness (QED) is 0.536. The van der Waals surface area contributed by atoms with Crippen LogP contribution in [-0.4, -0.2) is 51.9 Å². The largest absolute Gasteiger partial charge is 0.394 e. The van der Waals surface area contributed by atoms with Gasteiger partial charge in [0.25, 0.3) is 0 Å². The van der Waals surface area contributed by atoms with E-state index in [0.29, 0.717) is 6.42 Å². The zero-order chi connectivity index (χ0) is 9.14. The van der Waals surface area contributed by atoms with Crippen molar-refractivity contribution >= 4 is 11.8 Å². The van der Waals surface area contributed by atoms with Crippen molar-refractivity contribution < 1.29 is 20.1 Å². The molecule has 72 valence electrons. The van der Waals surface area contributed by atoms with E-state index in [9.17, 15) is 10.2 Å². The number of aliphatic hydroxyl groups excluding tert-OH is 3. The van der Waals surface area contributed by atoms with Crippen molar-refractivity contribution in [2.24, 2.45) is 0 Å². The van der Waals surface area contributed by atoms with Gasteiger partial charge in [-0.25, -0.2) is 0 Å². The molecule has 0 aliphatic carbocycles. The van der Waals surface area contributed by atoms with Crippen LogP contribution in [0.25, 0.3) is 0 Å². The first-order valence-electron chi connectivity index (χ1n) is 3.84. The van der Waals surface area contributed by atoms with Gasteiger partial charge >= 0.3 is 0 Å². The molecule has 0 bridgehead atoms. The minimum absolute atomic E-state index is 0.124. The predicted octanol–water partition coefficient (Wildman–Crippen LogP) is -0.822. The number of thioether (sulfide) groups is 1. The fourth-order valence-corrected chi connectivity index (χ4v) is 1.86. The summed E-state index contributed by atoms with van der Waals surface area (Å²) < 4.78 is 5.27. The number of hydrogen-bond donors (Lipinski definition) is 3. The second-order valence-corrected chi connectivity index (χ2v) is 3.81. The van der Waals surface area contributed by atoms with Gasteiger partial charge < -0.3 is 20.1 Å². The Morgan fingerprint density at radius 2 is 2.17 bits per heavy atom. The maximum Gasteiger partial charge on any atom is 0.110 e. The van der Waals surface area contributed by atoms with Gasteiger partial charge in [-0.15, -0.1) is 11.8 Å². The Balaban J connectivity index is 2.52. The van der Waals surface area contributed by atoms with Crippen LogP contribution in [-0.2, 0) is 4.74 Å². The molecule has 0 radical (unpaired) electrons. The number of hydrogen-bond acceptors (Lipinski definition) is 5. The van der Waals surface area contributed by atoms with Crippen LogP contribution in [0.15, 0.2) is 0 Å². The molecule has 1 heterocycles. The summed E-state index contributed by atoms with van der Waals surface area (Å²) in [6.07, 6.45) is -0.111. The van der Waals surface area contributed by atoms with Crippen molar-refractivity contribution in [3.63, 3.8) is 0 Å². The van der Waals surface area contributed by atoms with Gasteiger partial charge in [-0.1, -0.05) is 0 Å². The molecular formula is C7H14O4S. The highest BCUT2D eigenvalue weighted by Gasteiger charge is 2.35. The molecule has 0 aromatic carbocycles. The van der Waals surface area contributed by atoms with Crippen molar-refractivity contribution in [1.29, 1.82) is 0 Å². The normalized spacial score (nSPS) is 43.0. The molecular weight excluding hydrogens is 180 g/mol. The zero-order valence-electron chi connectivity index (χ0n) is 6.88. The number of ether oxygens (including phenoxy) is 1. The lowest BCUT2D eigenvalue weighted by Crippen LogP contribution is -2.48. The van der Waals surface area contributed by atoms with Gasteiger partial charge in [0.1, 0.15) is 17.6 Å². The highest BCUT2D eigenvalue weighted by atomic mass is 32.2. The monoisotopic (exact) mass is 194 g/mol. The Labute approximate surface area is 75.5 Å². The van der Waals surface area contributed by atoms with E-state index in [-0.39, 0.29) is 12.0 Å². The smallest absolute Gasteiger partial charge is 0.110 e. The van der Waals surface area contributed by atoms with Gasteiger partial charge in [0.15, 0.2) is 0 Å². The lowest BCUT2D eigenvalue weighted by atomic mass is 10.0. The van der Waals surface area contributed by atoms with E-state index in [1.165, 1.54) is 11.8 Å². The second-order valence-electron chi connectivity index (χ2n) is 2.82. The average molecular weight is 194 g/mol. The summed E-state index contributed by atoms with van der Waals surface area (Å²) in [5.74, 6) is 0. The summed E-state index contributed by atoms with van der Waals surface area (Å²) in [7, 11) is 0. The standard InChI is InChI=1S/C7H14O4S/c1-12-6-2-4(9)7(10)5(3-8)11-6/h4-10H,2-3H2,1H3/t4-,5-,6+,7-/m1/s1. The van der Waals surface area contributed by atoms with Gasteiger partial charge in [0, 0.05) is 6.42 Å². The highest BCUT2D eigenvalue weighted by molar-refractivity contribution is 7.99. The molecule has 0 unspecified atom stereocenters. The van der Waals surface area contributed by atoms with Crippen molar-refractivity contribution in [1.82, 2.24) is 0 Å². The molecule has 1 aliphatic heterocycles. The number of rotatable bonds is 2. The molecule has 1 aliphatic rings. The second kappa shape index (κ2) is 4.43. The summed E-state index contributed by atoms with van der Waals surface area (Å²) in [6.45, 7) is -0.255. The maximum atomic E-state index is 9.33. The lowest BCUT2D eigenvalue weighted by molar-refractivity contribution is -0.157. The first kappa shape index (κ1) is 10.3. The molecule has 1 fully saturated rings. The molecule has 5 heteroatoms. The fourth-order valence-electron chi connectivity index (χ4n) is 1.22. The van der Waals surface area contributed by atoms with Crippen molar-refractivity contribution in [2.75, 3.05) is 12.9 Å². The van der Waals surface area contributed by atoms with Crippen molar-refractivity contribution in [2.45, 2.75) is 30.2 Å². The molecule has 0 aromatic rings. The van der Waals surface area contributed by atoms with E-state index in [2.05, 4.69) is 0 Å². The van der Waals surface area contributed by atoms with E-state index >= 15 is 0 Å². The average Bonchev–Trinajstić information content (AvgIpc) is 2.09. The summed E-state index contributed by atoms with van der Waals surface area (Å²) in [6, 6.07) is 0. The zero-order valence-corrected chi connectivity index (χ0v) is 7.70. The first-order valence-corrected chi connectivity index (χ1v) is 5.13. The van der Waals surface area contributed by atoms with Gasteiger partial charge in [-0.05, 0) is 6.26 Å². The molecule has 12 heavy (non-hydrogen) atoms. The third kappa shape index (κ3) is 2.11. The van der Waals surface area contributed by atoms with Crippen LogP contribution in [0.1, 0.15) is 6.42 Å². The third-order valence-corrected chi connectivity index (χ3v) is 2.81. The molecule has 1 saturated heterocycles. The Morgan fingerprint density at radius 1 is 1.50 bits per heavy atom. The predicted molar refractivity (Wildman–Crippen MR) is 45.9 cm³/mol. The van der Waals surface area contributed by atoms with Crippen LogP contribution in [0, 0.1) is 0 Å². The SMILES string of the molecule is CS[C@H]1C[C@@H](O)[C@@H](O)[C@@H](CO)O1. The van der Waals surface area contributed by atoms with Crippen LogP contribution in [0.4, 0.5) is 0 Å². The minimum atomic E-state index is -0.960. The molecule has 0 saturated carbocycles. The molecule has 4 nitrogen and oxygen atoms in total. The van der Waals surface area contributed by atoms with E-state index in [0.717, 1.165) is 0 Å². The Kier molecular flexibility index (Phi) is 3.79. The first-order chi connectivity index (χ1) is 5.69. The van der Waals surface area contributed by atoms with Gasteiger partial charge in [-0.3, -0.25) is 0 Å². The molecule has 0 amide bonds. The lowest BCUT2D eigenvalue weighted by Gasteiger charge is -2.35. The maximum absolute atomic E-state index is 9.33. The fraction of sp³-hybridized carbons (Fsp3) is 1.00. The van der Waals surface area contributed by atoms with Gasteiger partial charge in [-0.2, -0.15) is 0 Å². The summed E-state index contributed by atoms with van der Waals surface area (Å²) in [4.78, 5) is 0. The third-order valence-electron chi connectivity index (χ3n) is 1.98. The molecule has 0 aromatic heterocycles. The Hall–Kier alpha value is 0.190. The van der Waals surface area contributed by atoms with Crippen molar-refractivity contribution in [3.8, 4) is 0 Å². The molecule has 1 rings (SSSR count). The highest BCUT2D eigenvalue weighted by Crippen LogP contribution is 2.25. The Morgan fingerprint density at radius 3 is 2.67 bits per heavy atom. The van der Waals surface area contributed by atoms with E-state index < -0.39 is 18.3 Å². The summed E-state index contributed by atoms with van der Waals surface area (Å²) in [5, 5.41) is 27.4. The minimum Gasteiger partial charge on any atom is -0.394 e. The van der Waals surface area contributed by atoms with Crippen molar-refractivity contribution in [3.05, 3.63) is 0 Å². The van der Waals surface area contributed by atoms with E-state index in [1.54, 1.807) is 0 Å². The molecule has 0 spiro atoms. The van der Waals surface area contributed by atoms with E-state index in [4.69, 9.17) is 9.84 Å². The Bertz CT molecular complexity index is 143. The molecule has 3 N–H and O–H groups in total. The van der Waals surface area contributed by atoms with Crippen LogP contribution < -0.4 is 0 Å². The van der Waals surface area contributed by atoms with Gasteiger partial charge in [0.2, 0.25) is 0 Å². The molecule has 4 atom stereocenters. The number of aliphatic hydroxyl groups is 3. The summed E-state index contributed by atoms with van der Waals surface area (Å²) in [5.41, 5.74) is -0.124. The van der Waals surface area contributed by atoms with Gasteiger partial charge in [0.05, 0.1) is 12.7 Å².